The van der Waals surface area contributed by atoms with E-state index in [4.69, 9.17) is 9.72 Å². The van der Waals surface area contributed by atoms with Crippen LogP contribution in [0.3, 0.4) is 0 Å². The Labute approximate surface area is 168 Å². The van der Waals surface area contributed by atoms with E-state index in [-0.39, 0.29) is 5.56 Å². The van der Waals surface area contributed by atoms with Gasteiger partial charge in [-0.15, -0.1) is 0 Å². The van der Waals surface area contributed by atoms with Crippen LogP contribution < -0.4 is 10.3 Å². The monoisotopic (exact) mass is 388 g/mol. The number of hydrogen-bond acceptors (Lipinski definition) is 4. The predicted octanol–water partition coefficient (Wildman–Crippen LogP) is 3.09. The molecule has 29 heavy (non-hydrogen) atoms. The highest BCUT2D eigenvalue weighted by Gasteiger charge is 2.20. The summed E-state index contributed by atoms with van der Waals surface area (Å²) < 4.78 is 7.09. The van der Waals surface area contributed by atoms with E-state index in [0.717, 1.165) is 60.6 Å². The molecule has 0 unspecified atom stereocenters. The van der Waals surface area contributed by atoms with Crippen molar-refractivity contribution in [2.45, 2.75) is 26.3 Å². The molecule has 0 atom stereocenters. The Morgan fingerprint density at radius 2 is 1.90 bits per heavy atom. The van der Waals surface area contributed by atoms with Crippen LogP contribution in [0.4, 0.5) is 0 Å². The van der Waals surface area contributed by atoms with Gasteiger partial charge in [0.15, 0.2) is 5.65 Å². The number of nitrogens with one attached hydrogen (secondary N) is 1. The largest absolute Gasteiger partial charge is 0.496 e. The van der Waals surface area contributed by atoms with Gasteiger partial charge in [-0.1, -0.05) is 30.3 Å². The highest BCUT2D eigenvalue weighted by molar-refractivity contribution is 5.91. The first-order valence-electron chi connectivity index (χ1n) is 10.0. The summed E-state index contributed by atoms with van der Waals surface area (Å²) in [6, 6.07) is 14.5. The van der Waals surface area contributed by atoms with E-state index in [1.54, 1.807) is 11.6 Å². The molecule has 6 nitrogen and oxygen atoms in total. The molecule has 0 amide bonds. The third-order valence-electron chi connectivity index (χ3n) is 5.85. The number of fused-ring (bicyclic) bond motifs is 3. The lowest BCUT2D eigenvalue weighted by Crippen LogP contribution is -2.26. The second-order valence-electron chi connectivity index (χ2n) is 7.72. The molecular formula is C23H24N4O2. The first-order chi connectivity index (χ1) is 14.1. The summed E-state index contributed by atoms with van der Waals surface area (Å²) in [6.07, 6.45) is 1.51. The molecule has 6 heteroatoms. The molecule has 0 fully saturated rings. The van der Waals surface area contributed by atoms with Crippen LogP contribution in [-0.2, 0) is 19.4 Å². The fraction of sp³-hybridized carbons (Fsp3) is 0.304. The lowest BCUT2D eigenvalue weighted by molar-refractivity contribution is 0.279. The van der Waals surface area contributed by atoms with Crippen molar-refractivity contribution in [1.29, 1.82) is 0 Å². The van der Waals surface area contributed by atoms with Gasteiger partial charge in [-0.05, 0) is 30.4 Å². The maximum atomic E-state index is 12.9. The second-order valence-corrected chi connectivity index (χ2v) is 7.72. The van der Waals surface area contributed by atoms with Gasteiger partial charge in [0.1, 0.15) is 5.75 Å². The van der Waals surface area contributed by atoms with Gasteiger partial charge in [-0.2, -0.15) is 0 Å². The van der Waals surface area contributed by atoms with Gasteiger partial charge in [-0.3, -0.25) is 14.8 Å². The first kappa shape index (κ1) is 17.9. The van der Waals surface area contributed by atoms with E-state index < -0.39 is 0 Å². The quantitative estimate of drug-likeness (QED) is 0.586. The molecule has 5 rings (SSSR count). The molecule has 0 radical (unpaired) electrons. The topological polar surface area (TPSA) is 62.6 Å². The maximum absolute atomic E-state index is 12.9. The Balaban J connectivity index is 1.44. The van der Waals surface area contributed by atoms with Crippen LogP contribution in [0.5, 0.6) is 5.75 Å². The van der Waals surface area contributed by atoms with Crippen LogP contribution in [0.1, 0.15) is 22.5 Å². The Hall–Kier alpha value is -3.12. The number of hydrogen-bond donors (Lipinski definition) is 1. The lowest BCUT2D eigenvalue weighted by Gasteiger charge is -2.21. The summed E-state index contributed by atoms with van der Waals surface area (Å²) in [5.41, 5.74) is 4.75. The average molecular weight is 388 g/mol. The number of ether oxygens (including phenoxy) is 1. The van der Waals surface area contributed by atoms with E-state index in [1.807, 2.05) is 25.1 Å². The Morgan fingerprint density at radius 1 is 1.10 bits per heavy atom. The van der Waals surface area contributed by atoms with Gasteiger partial charge < -0.3 is 4.74 Å². The maximum Gasteiger partial charge on any atom is 0.276 e. The van der Waals surface area contributed by atoms with Crippen molar-refractivity contribution in [3.8, 4) is 5.75 Å². The summed E-state index contributed by atoms with van der Waals surface area (Å²) in [5, 5.41) is 5.45. The van der Waals surface area contributed by atoms with E-state index in [1.165, 1.54) is 10.9 Å². The number of aryl methyl sites for hydroxylation is 1. The van der Waals surface area contributed by atoms with Gasteiger partial charge >= 0.3 is 0 Å². The molecule has 0 bridgehead atoms. The van der Waals surface area contributed by atoms with E-state index in [2.05, 4.69) is 34.3 Å². The standard InChI is InChI=1S/C23H24N4O2/c1-15-13-22-24-20-10-12-26(11-9-19(20)23(28)27(22)25-15)14-16-7-8-21(29-2)18-6-4-3-5-17(16)18/h3-8,13,25H,9-12,14H2,1-2H3. The first-order valence-corrected chi connectivity index (χ1v) is 10.0. The molecule has 148 valence electrons. The summed E-state index contributed by atoms with van der Waals surface area (Å²) in [6.45, 7) is 4.52. The normalized spacial score (nSPS) is 14.8. The molecule has 3 heterocycles. The van der Waals surface area contributed by atoms with Crippen molar-refractivity contribution >= 4 is 16.4 Å². The number of rotatable bonds is 3. The average Bonchev–Trinajstić information content (AvgIpc) is 2.99. The minimum atomic E-state index is 0.0369. The lowest BCUT2D eigenvalue weighted by atomic mass is 10.0. The number of aromatic nitrogens is 3. The van der Waals surface area contributed by atoms with Gasteiger partial charge in [0, 0.05) is 48.8 Å². The number of methoxy groups -OCH3 is 1. The smallest absolute Gasteiger partial charge is 0.276 e. The fourth-order valence-corrected chi connectivity index (χ4v) is 4.38. The van der Waals surface area contributed by atoms with Gasteiger partial charge in [0.2, 0.25) is 0 Å². The fourth-order valence-electron chi connectivity index (χ4n) is 4.38. The van der Waals surface area contributed by atoms with Crippen molar-refractivity contribution < 1.29 is 4.74 Å². The molecule has 0 saturated carbocycles. The highest BCUT2D eigenvalue weighted by Crippen LogP contribution is 2.29. The number of nitrogens with zero attached hydrogens (tertiary/aromatic N) is 3. The van der Waals surface area contributed by atoms with Crippen molar-refractivity contribution in [2.24, 2.45) is 0 Å². The number of benzene rings is 2. The Bertz CT molecular complexity index is 1270. The van der Waals surface area contributed by atoms with Crippen molar-refractivity contribution in [2.75, 3.05) is 20.2 Å². The minimum Gasteiger partial charge on any atom is -0.496 e. The summed E-state index contributed by atoms with van der Waals surface area (Å²) in [4.78, 5) is 20.1. The zero-order chi connectivity index (χ0) is 20.0. The number of aromatic amines is 1. The molecule has 0 spiro atoms. The zero-order valence-electron chi connectivity index (χ0n) is 16.7. The van der Waals surface area contributed by atoms with E-state index >= 15 is 0 Å². The molecule has 1 aliphatic rings. The molecule has 2 aromatic heterocycles. The molecule has 1 aliphatic heterocycles. The van der Waals surface area contributed by atoms with Crippen LogP contribution in [0.2, 0.25) is 0 Å². The van der Waals surface area contributed by atoms with E-state index in [0.29, 0.717) is 5.65 Å². The number of H-pyrrole nitrogens is 1. The summed E-state index contributed by atoms with van der Waals surface area (Å²) in [7, 11) is 1.71. The molecular weight excluding hydrogens is 364 g/mol. The molecule has 1 N–H and O–H groups in total. The molecule has 0 saturated heterocycles. The van der Waals surface area contributed by atoms with Crippen LogP contribution >= 0.6 is 0 Å². The van der Waals surface area contributed by atoms with Crippen LogP contribution in [0, 0.1) is 6.92 Å². The van der Waals surface area contributed by atoms with E-state index in [9.17, 15) is 4.79 Å². The molecule has 0 aliphatic carbocycles. The summed E-state index contributed by atoms with van der Waals surface area (Å²) >= 11 is 0. The third kappa shape index (κ3) is 3.09. The minimum absolute atomic E-state index is 0.0369. The van der Waals surface area contributed by atoms with Gasteiger partial charge in [-0.25, -0.2) is 9.50 Å². The van der Waals surface area contributed by atoms with Crippen molar-refractivity contribution in [3.63, 3.8) is 0 Å². The molecule has 2 aromatic carbocycles. The summed E-state index contributed by atoms with van der Waals surface area (Å²) in [5.74, 6) is 0.898. The van der Waals surface area contributed by atoms with Crippen LogP contribution in [0.25, 0.3) is 16.4 Å². The Kier molecular flexibility index (Phi) is 4.36. The predicted molar refractivity (Wildman–Crippen MR) is 114 cm³/mol. The van der Waals surface area contributed by atoms with Gasteiger partial charge in [0.25, 0.3) is 5.56 Å². The van der Waals surface area contributed by atoms with Crippen molar-refractivity contribution in [3.05, 3.63) is 75.3 Å². The van der Waals surface area contributed by atoms with Gasteiger partial charge in [0.05, 0.1) is 12.8 Å². The second kappa shape index (κ2) is 7.04. The highest BCUT2D eigenvalue weighted by atomic mass is 16.5. The van der Waals surface area contributed by atoms with Crippen molar-refractivity contribution in [1.82, 2.24) is 19.5 Å². The SMILES string of the molecule is COc1ccc(CN2CCc3nc4cc(C)[nH]n4c(=O)c3CC2)c2ccccc12. The van der Waals surface area contributed by atoms with Crippen LogP contribution in [0.15, 0.2) is 47.3 Å². The third-order valence-corrected chi connectivity index (χ3v) is 5.85. The Morgan fingerprint density at radius 3 is 2.72 bits per heavy atom. The molecule has 4 aromatic rings. The van der Waals surface area contributed by atoms with Crippen LogP contribution in [-0.4, -0.2) is 39.7 Å². The zero-order valence-corrected chi connectivity index (χ0v) is 16.7.